The summed E-state index contributed by atoms with van der Waals surface area (Å²) in [6.07, 6.45) is 0.0868. The number of rotatable bonds is 10. The molecule has 0 fully saturated rings. The number of carbonyl (C=O) groups excluding carboxylic acids is 4. The molecule has 2 aromatic carbocycles. The second-order valence-corrected chi connectivity index (χ2v) is 9.30. The zero-order valence-corrected chi connectivity index (χ0v) is 20.8. The van der Waals surface area contributed by atoms with E-state index in [0.29, 0.717) is 39.3 Å². The third-order valence-electron chi connectivity index (χ3n) is 4.37. The van der Waals surface area contributed by atoms with Crippen molar-refractivity contribution in [3.63, 3.8) is 0 Å². The minimum absolute atomic E-state index is 0.0868. The van der Waals surface area contributed by atoms with Gasteiger partial charge in [-0.05, 0) is 55.5 Å². The number of anilines is 3. The minimum atomic E-state index is -0.411. The Kier molecular flexibility index (Phi) is 9.39. The zero-order chi connectivity index (χ0) is 25.2. The van der Waals surface area contributed by atoms with Crippen LogP contribution in [0.25, 0.3) is 0 Å². The molecule has 1 aromatic heterocycles. The highest BCUT2D eigenvalue weighted by molar-refractivity contribution is 8.01. The lowest BCUT2D eigenvalue weighted by Crippen LogP contribution is -2.15. The molecule has 0 unspecified atom stereocenters. The Morgan fingerprint density at radius 1 is 0.886 bits per heavy atom. The van der Waals surface area contributed by atoms with Crippen LogP contribution in [0.5, 0.6) is 0 Å². The molecule has 0 aliphatic heterocycles. The first-order valence-electron chi connectivity index (χ1n) is 10.6. The van der Waals surface area contributed by atoms with Crippen molar-refractivity contribution in [3.05, 3.63) is 65.2 Å². The van der Waals surface area contributed by atoms with Crippen molar-refractivity contribution in [1.82, 2.24) is 4.98 Å². The van der Waals surface area contributed by atoms with Crippen LogP contribution in [0.4, 0.5) is 17.1 Å². The second kappa shape index (κ2) is 12.7. The van der Waals surface area contributed by atoms with Crippen LogP contribution < -0.4 is 16.0 Å². The summed E-state index contributed by atoms with van der Waals surface area (Å²) < 4.78 is 5.62. The second-order valence-electron chi connectivity index (χ2n) is 7.22. The van der Waals surface area contributed by atoms with Crippen LogP contribution in [-0.2, 0) is 25.5 Å². The monoisotopic (exact) mass is 512 g/mol. The van der Waals surface area contributed by atoms with Gasteiger partial charge in [0.1, 0.15) is 0 Å². The van der Waals surface area contributed by atoms with E-state index in [1.807, 2.05) is 0 Å². The standard InChI is InChI=1S/C24H24N4O5S2/c1-3-33-23(32)16-4-6-18(7-5-16)26-21(30)12-20-13-34-24(28-20)35-14-22(31)27-19-10-8-17(9-11-19)25-15(2)29/h4-11,13H,3,12,14H2,1-2H3,(H,25,29)(H,26,30)(H,27,31). The number of amides is 3. The van der Waals surface area contributed by atoms with Crippen LogP contribution in [0.1, 0.15) is 29.9 Å². The zero-order valence-electron chi connectivity index (χ0n) is 19.1. The molecule has 0 aliphatic rings. The molecule has 3 amide bonds. The molecule has 35 heavy (non-hydrogen) atoms. The van der Waals surface area contributed by atoms with Crippen molar-refractivity contribution in [1.29, 1.82) is 0 Å². The van der Waals surface area contributed by atoms with E-state index < -0.39 is 5.97 Å². The number of esters is 1. The summed E-state index contributed by atoms with van der Waals surface area (Å²) in [7, 11) is 0. The Labute approximate surface area is 210 Å². The van der Waals surface area contributed by atoms with Crippen LogP contribution in [-0.4, -0.2) is 41.0 Å². The molecule has 3 rings (SSSR count). The highest BCUT2D eigenvalue weighted by atomic mass is 32.2. The van der Waals surface area contributed by atoms with Gasteiger partial charge < -0.3 is 20.7 Å². The number of nitrogens with one attached hydrogen (secondary N) is 3. The van der Waals surface area contributed by atoms with Gasteiger partial charge in [-0.3, -0.25) is 14.4 Å². The molecule has 0 saturated carbocycles. The lowest BCUT2D eigenvalue weighted by atomic mass is 10.2. The van der Waals surface area contributed by atoms with E-state index in [4.69, 9.17) is 4.74 Å². The normalized spacial score (nSPS) is 10.3. The Morgan fingerprint density at radius 2 is 1.46 bits per heavy atom. The van der Waals surface area contributed by atoms with Gasteiger partial charge in [-0.1, -0.05) is 11.8 Å². The molecule has 0 aliphatic carbocycles. The highest BCUT2D eigenvalue weighted by Gasteiger charge is 2.12. The van der Waals surface area contributed by atoms with Gasteiger partial charge in [-0.25, -0.2) is 9.78 Å². The van der Waals surface area contributed by atoms with E-state index in [-0.39, 0.29) is 29.9 Å². The van der Waals surface area contributed by atoms with Gasteiger partial charge in [0.2, 0.25) is 17.7 Å². The van der Waals surface area contributed by atoms with Crippen LogP contribution in [0, 0.1) is 0 Å². The van der Waals surface area contributed by atoms with Crippen molar-refractivity contribution in [3.8, 4) is 0 Å². The summed E-state index contributed by atoms with van der Waals surface area (Å²) in [6.45, 7) is 3.46. The molecule has 0 saturated heterocycles. The van der Waals surface area contributed by atoms with Crippen LogP contribution in [0.3, 0.4) is 0 Å². The van der Waals surface area contributed by atoms with Crippen LogP contribution >= 0.6 is 23.1 Å². The summed E-state index contributed by atoms with van der Waals surface area (Å²) in [4.78, 5) is 51.7. The Balaban J connectivity index is 1.43. The van der Waals surface area contributed by atoms with Crippen molar-refractivity contribution in [2.24, 2.45) is 0 Å². The SMILES string of the molecule is CCOC(=O)c1ccc(NC(=O)Cc2csc(SCC(=O)Nc3ccc(NC(C)=O)cc3)n2)cc1. The lowest BCUT2D eigenvalue weighted by Gasteiger charge is -2.06. The van der Waals surface area contributed by atoms with Crippen molar-refractivity contribution >= 4 is 63.9 Å². The average Bonchev–Trinajstić information content (AvgIpc) is 3.26. The molecule has 182 valence electrons. The minimum Gasteiger partial charge on any atom is -0.462 e. The van der Waals surface area contributed by atoms with Crippen molar-refractivity contribution in [2.45, 2.75) is 24.6 Å². The quantitative estimate of drug-likeness (QED) is 0.275. The summed E-state index contributed by atoms with van der Waals surface area (Å²) in [5, 5.41) is 10.0. The fraction of sp³-hybridized carbons (Fsp3) is 0.208. The molecule has 0 radical (unpaired) electrons. The highest BCUT2D eigenvalue weighted by Crippen LogP contribution is 2.23. The lowest BCUT2D eigenvalue weighted by molar-refractivity contribution is -0.116. The van der Waals surface area contributed by atoms with Crippen molar-refractivity contribution < 1.29 is 23.9 Å². The van der Waals surface area contributed by atoms with E-state index >= 15 is 0 Å². The number of thiazole rings is 1. The van der Waals surface area contributed by atoms with E-state index in [0.717, 1.165) is 0 Å². The van der Waals surface area contributed by atoms with Crippen LogP contribution in [0.2, 0.25) is 0 Å². The molecule has 11 heteroatoms. The molecular weight excluding hydrogens is 488 g/mol. The molecule has 0 spiro atoms. The van der Waals surface area contributed by atoms with E-state index in [9.17, 15) is 19.2 Å². The third-order valence-corrected chi connectivity index (χ3v) is 6.44. The van der Waals surface area contributed by atoms with Gasteiger partial charge in [-0.2, -0.15) is 0 Å². The maximum Gasteiger partial charge on any atom is 0.338 e. The van der Waals surface area contributed by atoms with Gasteiger partial charge in [0.25, 0.3) is 0 Å². The van der Waals surface area contributed by atoms with Gasteiger partial charge in [0, 0.05) is 29.4 Å². The molecular formula is C24H24N4O5S2. The molecule has 3 N–H and O–H groups in total. The first-order chi connectivity index (χ1) is 16.8. The predicted octanol–water partition coefficient (Wildman–Crippen LogP) is 4.19. The largest absolute Gasteiger partial charge is 0.462 e. The summed E-state index contributed by atoms with van der Waals surface area (Å²) in [5.41, 5.74) is 2.85. The number of nitrogens with zero attached hydrogens (tertiary/aromatic N) is 1. The summed E-state index contributed by atoms with van der Waals surface area (Å²) >= 11 is 2.65. The molecule has 0 bridgehead atoms. The number of ether oxygens (including phenoxy) is 1. The first kappa shape index (κ1) is 25.9. The van der Waals surface area contributed by atoms with Crippen molar-refractivity contribution in [2.75, 3.05) is 28.3 Å². The topological polar surface area (TPSA) is 126 Å². The maximum absolute atomic E-state index is 12.3. The Hall–Kier alpha value is -3.70. The number of thioether (sulfide) groups is 1. The molecule has 1 heterocycles. The summed E-state index contributed by atoms with van der Waals surface area (Å²) in [6, 6.07) is 13.3. The maximum atomic E-state index is 12.3. The van der Waals surface area contributed by atoms with Gasteiger partial charge in [-0.15, -0.1) is 11.3 Å². The first-order valence-corrected chi connectivity index (χ1v) is 12.5. The van der Waals surface area contributed by atoms with Gasteiger partial charge in [0.05, 0.1) is 30.0 Å². The van der Waals surface area contributed by atoms with E-state index in [1.165, 1.54) is 30.0 Å². The molecule has 0 atom stereocenters. The van der Waals surface area contributed by atoms with Gasteiger partial charge in [0.15, 0.2) is 4.34 Å². The fourth-order valence-corrected chi connectivity index (χ4v) is 4.52. The smallest absolute Gasteiger partial charge is 0.338 e. The Bertz CT molecular complexity index is 1190. The Morgan fingerprint density at radius 3 is 2.06 bits per heavy atom. The molecule has 9 nitrogen and oxygen atoms in total. The van der Waals surface area contributed by atoms with Crippen LogP contribution in [0.15, 0.2) is 58.3 Å². The average molecular weight is 513 g/mol. The number of aromatic nitrogens is 1. The fourth-order valence-electron chi connectivity index (χ4n) is 2.87. The van der Waals surface area contributed by atoms with E-state index in [2.05, 4.69) is 20.9 Å². The molecule has 3 aromatic rings. The predicted molar refractivity (Wildman–Crippen MR) is 137 cm³/mol. The number of benzene rings is 2. The van der Waals surface area contributed by atoms with E-state index in [1.54, 1.807) is 60.8 Å². The number of hydrogen-bond acceptors (Lipinski definition) is 8. The number of carbonyl (C=O) groups is 4. The third kappa shape index (κ3) is 8.54. The van der Waals surface area contributed by atoms with Gasteiger partial charge >= 0.3 is 5.97 Å². The number of hydrogen-bond donors (Lipinski definition) is 3. The summed E-state index contributed by atoms with van der Waals surface area (Å²) in [5.74, 6) is -0.840.